The SMILES string of the molecule is O=C(c1ccc(S(=O)(=O)N2CCCC2)cc1)N1CCSC(c2ccccc2F)CC1. The third-order valence-corrected chi connectivity index (χ3v) is 8.91. The van der Waals surface area contributed by atoms with Gasteiger partial charge in [-0.25, -0.2) is 12.8 Å². The lowest BCUT2D eigenvalue weighted by Gasteiger charge is -2.21. The fraction of sp³-hybridized carbons (Fsp3) is 0.409. The van der Waals surface area contributed by atoms with Crippen LogP contribution >= 0.6 is 11.8 Å². The Labute approximate surface area is 181 Å². The monoisotopic (exact) mass is 448 g/mol. The summed E-state index contributed by atoms with van der Waals surface area (Å²) in [5, 5.41) is 0.0250. The van der Waals surface area contributed by atoms with Gasteiger partial charge in [0.25, 0.3) is 5.91 Å². The van der Waals surface area contributed by atoms with E-state index in [-0.39, 0.29) is 21.9 Å². The zero-order valence-electron chi connectivity index (χ0n) is 16.7. The van der Waals surface area contributed by atoms with Crippen molar-refractivity contribution < 1.29 is 17.6 Å². The third-order valence-electron chi connectivity index (χ3n) is 5.68. The van der Waals surface area contributed by atoms with Crippen LogP contribution in [0.15, 0.2) is 53.4 Å². The first-order chi connectivity index (χ1) is 14.5. The van der Waals surface area contributed by atoms with E-state index in [1.54, 1.807) is 34.9 Å². The Balaban J connectivity index is 1.44. The number of carbonyl (C=O) groups excluding carboxylic acids is 1. The summed E-state index contributed by atoms with van der Waals surface area (Å²) < 4.78 is 40.9. The molecule has 1 atom stereocenters. The van der Waals surface area contributed by atoms with Crippen LogP contribution in [0.3, 0.4) is 0 Å². The lowest BCUT2D eigenvalue weighted by atomic mass is 10.1. The maximum Gasteiger partial charge on any atom is 0.253 e. The van der Waals surface area contributed by atoms with E-state index in [2.05, 4.69) is 0 Å². The summed E-state index contributed by atoms with van der Waals surface area (Å²) in [6.07, 6.45) is 2.45. The largest absolute Gasteiger partial charge is 0.338 e. The predicted octanol–water partition coefficient (Wildman–Crippen LogP) is 3.93. The molecule has 2 aliphatic heterocycles. The molecule has 1 unspecified atom stereocenters. The number of sulfonamides is 1. The minimum absolute atomic E-state index is 0.0250. The van der Waals surface area contributed by atoms with Gasteiger partial charge in [-0.1, -0.05) is 18.2 Å². The summed E-state index contributed by atoms with van der Waals surface area (Å²) in [5.41, 5.74) is 1.16. The Bertz CT molecular complexity index is 1010. The summed E-state index contributed by atoms with van der Waals surface area (Å²) >= 11 is 1.67. The van der Waals surface area contributed by atoms with Gasteiger partial charge in [0.15, 0.2) is 0 Å². The maximum absolute atomic E-state index is 14.1. The summed E-state index contributed by atoms with van der Waals surface area (Å²) in [7, 11) is -3.48. The molecule has 30 heavy (non-hydrogen) atoms. The molecule has 1 amide bonds. The van der Waals surface area contributed by atoms with E-state index in [4.69, 9.17) is 0 Å². The molecule has 0 saturated carbocycles. The fourth-order valence-electron chi connectivity index (χ4n) is 3.99. The number of carbonyl (C=O) groups is 1. The zero-order chi connectivity index (χ0) is 21.1. The summed E-state index contributed by atoms with van der Waals surface area (Å²) in [6, 6.07) is 13.0. The van der Waals surface area contributed by atoms with E-state index in [1.807, 2.05) is 12.1 Å². The molecule has 8 heteroatoms. The molecule has 2 heterocycles. The molecule has 2 saturated heterocycles. The minimum Gasteiger partial charge on any atom is -0.338 e. The minimum atomic E-state index is -3.48. The standard InChI is InChI=1S/C22H25FN2O3S2/c23-20-6-2-1-5-19(20)21-11-14-24(15-16-29-21)22(26)17-7-9-18(10-8-17)30(27,28)25-12-3-4-13-25/h1-2,5-10,21H,3-4,11-16H2. The Hall–Kier alpha value is -1.90. The lowest BCUT2D eigenvalue weighted by Crippen LogP contribution is -2.33. The molecular weight excluding hydrogens is 423 g/mol. The second-order valence-corrected chi connectivity index (χ2v) is 10.8. The Morgan fingerprint density at radius 3 is 2.37 bits per heavy atom. The van der Waals surface area contributed by atoms with Crippen LogP contribution in [0.25, 0.3) is 0 Å². The second-order valence-electron chi connectivity index (χ2n) is 7.60. The highest BCUT2D eigenvalue weighted by Crippen LogP contribution is 2.36. The van der Waals surface area contributed by atoms with Crippen LogP contribution in [-0.2, 0) is 10.0 Å². The number of hydrogen-bond donors (Lipinski definition) is 0. The number of amides is 1. The molecule has 160 valence electrons. The van der Waals surface area contributed by atoms with Crippen molar-refractivity contribution in [1.29, 1.82) is 0 Å². The van der Waals surface area contributed by atoms with Crippen molar-refractivity contribution in [1.82, 2.24) is 9.21 Å². The normalized spacial score (nSPS) is 20.8. The summed E-state index contributed by atoms with van der Waals surface area (Å²) in [4.78, 5) is 15.0. The van der Waals surface area contributed by atoms with Crippen LogP contribution in [0.1, 0.15) is 40.4 Å². The smallest absolute Gasteiger partial charge is 0.253 e. The summed E-state index contributed by atoms with van der Waals surface area (Å²) in [5.74, 6) is 0.408. The predicted molar refractivity (Wildman–Crippen MR) is 117 cm³/mol. The maximum atomic E-state index is 14.1. The highest BCUT2D eigenvalue weighted by atomic mass is 32.2. The lowest BCUT2D eigenvalue weighted by molar-refractivity contribution is 0.0766. The fourth-order valence-corrected chi connectivity index (χ4v) is 6.76. The van der Waals surface area contributed by atoms with Crippen molar-refractivity contribution in [3.63, 3.8) is 0 Å². The number of nitrogens with zero attached hydrogens (tertiary/aromatic N) is 2. The third kappa shape index (κ3) is 4.40. The first kappa shape index (κ1) is 21.3. The molecule has 0 aromatic heterocycles. The van der Waals surface area contributed by atoms with Gasteiger partial charge in [-0.05, 0) is 49.6 Å². The molecule has 2 fully saturated rings. The van der Waals surface area contributed by atoms with Gasteiger partial charge < -0.3 is 4.90 Å². The van der Waals surface area contributed by atoms with Gasteiger partial charge in [0, 0.05) is 48.3 Å². The van der Waals surface area contributed by atoms with Crippen LogP contribution in [0.2, 0.25) is 0 Å². The van der Waals surface area contributed by atoms with Gasteiger partial charge in [-0.2, -0.15) is 16.1 Å². The van der Waals surface area contributed by atoms with Crippen molar-refractivity contribution in [2.45, 2.75) is 29.4 Å². The highest BCUT2D eigenvalue weighted by Gasteiger charge is 2.28. The number of benzene rings is 2. The van der Waals surface area contributed by atoms with Crippen LogP contribution in [-0.4, -0.2) is 55.5 Å². The van der Waals surface area contributed by atoms with Crippen LogP contribution in [0.5, 0.6) is 0 Å². The van der Waals surface area contributed by atoms with E-state index in [1.165, 1.54) is 22.5 Å². The first-order valence-electron chi connectivity index (χ1n) is 10.2. The van der Waals surface area contributed by atoms with Crippen molar-refractivity contribution in [2.24, 2.45) is 0 Å². The zero-order valence-corrected chi connectivity index (χ0v) is 18.3. The van der Waals surface area contributed by atoms with Crippen LogP contribution in [0.4, 0.5) is 4.39 Å². The quantitative estimate of drug-likeness (QED) is 0.711. The molecule has 2 aromatic rings. The van der Waals surface area contributed by atoms with Gasteiger partial charge in [0.2, 0.25) is 10.0 Å². The Morgan fingerprint density at radius 1 is 0.967 bits per heavy atom. The Morgan fingerprint density at radius 2 is 1.67 bits per heavy atom. The molecule has 2 aromatic carbocycles. The average molecular weight is 449 g/mol. The van der Waals surface area contributed by atoms with Crippen LogP contribution < -0.4 is 0 Å². The van der Waals surface area contributed by atoms with Crippen molar-refractivity contribution in [2.75, 3.05) is 31.9 Å². The summed E-state index contributed by atoms with van der Waals surface area (Å²) in [6.45, 7) is 2.23. The topological polar surface area (TPSA) is 57.7 Å². The van der Waals surface area contributed by atoms with Crippen molar-refractivity contribution >= 4 is 27.7 Å². The molecule has 0 aliphatic carbocycles. The molecule has 5 nitrogen and oxygen atoms in total. The van der Waals surface area contributed by atoms with Crippen LogP contribution in [0, 0.1) is 5.82 Å². The van der Waals surface area contributed by atoms with E-state index < -0.39 is 10.0 Å². The van der Waals surface area contributed by atoms with Gasteiger partial charge in [-0.15, -0.1) is 0 Å². The van der Waals surface area contributed by atoms with Gasteiger partial charge >= 0.3 is 0 Å². The van der Waals surface area contributed by atoms with Gasteiger partial charge in [0.1, 0.15) is 5.82 Å². The van der Waals surface area contributed by atoms with E-state index in [9.17, 15) is 17.6 Å². The number of rotatable bonds is 4. The van der Waals surface area contributed by atoms with Gasteiger partial charge in [0.05, 0.1) is 4.90 Å². The Kier molecular flexibility index (Phi) is 6.46. The van der Waals surface area contributed by atoms with Crippen molar-refractivity contribution in [3.05, 3.63) is 65.5 Å². The average Bonchev–Trinajstić information content (AvgIpc) is 3.20. The van der Waals surface area contributed by atoms with E-state index >= 15 is 0 Å². The second kappa shape index (κ2) is 9.08. The highest BCUT2D eigenvalue weighted by molar-refractivity contribution is 7.99. The number of halogens is 1. The molecule has 0 radical (unpaired) electrons. The van der Waals surface area contributed by atoms with Gasteiger partial charge in [-0.3, -0.25) is 4.79 Å². The van der Waals surface area contributed by atoms with E-state index in [0.717, 1.165) is 18.6 Å². The number of thioether (sulfide) groups is 1. The van der Waals surface area contributed by atoms with E-state index in [0.29, 0.717) is 43.7 Å². The molecule has 4 rings (SSSR count). The molecule has 0 bridgehead atoms. The number of hydrogen-bond acceptors (Lipinski definition) is 4. The molecule has 0 spiro atoms. The molecular formula is C22H25FN2O3S2. The molecule has 2 aliphatic rings. The molecule has 0 N–H and O–H groups in total. The first-order valence-corrected chi connectivity index (χ1v) is 12.7. The van der Waals surface area contributed by atoms with Crippen molar-refractivity contribution in [3.8, 4) is 0 Å².